The van der Waals surface area contributed by atoms with Crippen LogP contribution in [0.15, 0.2) is 24.3 Å². The van der Waals surface area contributed by atoms with E-state index in [0.717, 1.165) is 12.5 Å². The predicted octanol–water partition coefficient (Wildman–Crippen LogP) is 6.85. The molecule has 4 atom stereocenters. The lowest BCUT2D eigenvalue weighted by atomic mass is 9.92. The molecular weight excluding hydrogens is 667 g/mol. The topological polar surface area (TPSA) is 101 Å². The Hall–Kier alpha value is -4.59. The number of alkyl halides is 3. The van der Waals surface area contributed by atoms with Gasteiger partial charge in [0.1, 0.15) is 24.1 Å². The molecule has 4 aliphatic rings. The van der Waals surface area contributed by atoms with Crippen LogP contribution in [-0.4, -0.2) is 65.5 Å². The summed E-state index contributed by atoms with van der Waals surface area (Å²) in [6, 6.07) is 3.49. The Morgan fingerprint density at radius 1 is 1.20 bits per heavy atom. The maximum absolute atomic E-state index is 17.2. The summed E-state index contributed by atoms with van der Waals surface area (Å²) in [4.78, 5) is 11.5. The highest BCUT2D eigenvalue weighted by atomic mass is 35.5. The molecule has 2 N–H and O–H groups in total. The third-order valence-corrected chi connectivity index (χ3v) is 10.6. The molecule has 4 heterocycles. The quantitative estimate of drug-likeness (QED) is 0.101. The molecule has 3 aliphatic heterocycles. The minimum Gasteiger partial charge on any atom is -0.483 e. The lowest BCUT2D eigenvalue weighted by Crippen LogP contribution is -2.47. The van der Waals surface area contributed by atoms with Gasteiger partial charge in [-0.3, -0.25) is 9.80 Å². The number of fused-ring (bicyclic) bond motifs is 2. The minimum absolute atomic E-state index is 0.00235. The van der Waals surface area contributed by atoms with E-state index >= 15 is 17.6 Å². The summed E-state index contributed by atoms with van der Waals surface area (Å²) < 4.78 is 90.5. The smallest absolute Gasteiger partial charge is 0.360 e. The van der Waals surface area contributed by atoms with Gasteiger partial charge in [0, 0.05) is 36.1 Å². The van der Waals surface area contributed by atoms with E-state index in [1.54, 1.807) is 0 Å². The summed E-state index contributed by atoms with van der Waals surface area (Å²) in [5.41, 5.74) is 4.74. The van der Waals surface area contributed by atoms with E-state index in [1.165, 1.54) is 18.2 Å². The van der Waals surface area contributed by atoms with Gasteiger partial charge in [0.15, 0.2) is 24.0 Å². The van der Waals surface area contributed by atoms with Crippen molar-refractivity contribution in [2.45, 2.75) is 43.4 Å². The van der Waals surface area contributed by atoms with E-state index in [1.807, 2.05) is 4.90 Å². The first-order chi connectivity index (χ1) is 23.4. The Balaban J connectivity index is 1.37. The van der Waals surface area contributed by atoms with Gasteiger partial charge in [-0.1, -0.05) is 23.6 Å². The molecule has 4 aromatic rings. The second kappa shape index (κ2) is 11.2. The summed E-state index contributed by atoms with van der Waals surface area (Å²) in [5, 5.41) is 9.28. The van der Waals surface area contributed by atoms with Crippen LogP contribution in [0.2, 0.25) is 5.02 Å². The largest absolute Gasteiger partial charge is 0.483 e. The Morgan fingerprint density at radius 3 is 2.78 bits per heavy atom. The van der Waals surface area contributed by atoms with Crippen LogP contribution in [0, 0.1) is 47.1 Å². The first-order valence-electron chi connectivity index (χ1n) is 15.9. The van der Waals surface area contributed by atoms with Gasteiger partial charge in [-0.05, 0) is 60.9 Å². The number of aromatic nitrogens is 2. The number of halogens is 6. The Bertz CT molecular complexity index is 2150. The van der Waals surface area contributed by atoms with Gasteiger partial charge in [0.05, 0.1) is 33.5 Å². The highest BCUT2D eigenvalue weighted by Crippen LogP contribution is 2.52. The van der Waals surface area contributed by atoms with Crippen molar-refractivity contribution in [1.82, 2.24) is 14.9 Å². The molecular formula is C35H28ClF5N6O2. The Kier molecular flexibility index (Phi) is 7.25. The van der Waals surface area contributed by atoms with Crippen LogP contribution < -0.4 is 20.1 Å². The fraction of sp³-hybridized carbons (Fsp3) is 0.400. The molecule has 8 nitrogen and oxygen atoms in total. The number of nitriles is 1. The zero-order valence-corrected chi connectivity index (χ0v) is 26.6. The van der Waals surface area contributed by atoms with E-state index in [2.05, 4.69) is 22.0 Å². The van der Waals surface area contributed by atoms with Crippen LogP contribution in [0.25, 0.3) is 32.8 Å². The molecule has 14 heteroatoms. The van der Waals surface area contributed by atoms with E-state index < -0.39 is 70.2 Å². The normalized spacial score (nSPS) is 25.5. The van der Waals surface area contributed by atoms with Gasteiger partial charge in [-0.15, -0.1) is 6.42 Å². The molecule has 1 aliphatic carbocycles. The van der Waals surface area contributed by atoms with Crippen molar-refractivity contribution in [2.24, 2.45) is 11.8 Å². The van der Waals surface area contributed by atoms with Crippen molar-refractivity contribution in [2.75, 3.05) is 43.5 Å². The Labute approximate surface area is 282 Å². The highest BCUT2D eigenvalue weighted by molar-refractivity contribution is 6.37. The number of ether oxygens (including phenoxy) is 2. The van der Waals surface area contributed by atoms with Gasteiger partial charge >= 0.3 is 12.1 Å². The maximum Gasteiger partial charge on any atom is 0.360 e. The second-order valence-electron chi connectivity index (χ2n) is 13.3. The van der Waals surface area contributed by atoms with E-state index in [4.69, 9.17) is 33.2 Å². The molecule has 0 radical (unpaired) electrons. The number of hydrogen-bond acceptors (Lipinski definition) is 8. The summed E-state index contributed by atoms with van der Waals surface area (Å²) in [6.45, 7) is -0.599. The van der Waals surface area contributed by atoms with Crippen LogP contribution in [-0.2, 0) is 0 Å². The molecule has 1 saturated carbocycles. The van der Waals surface area contributed by atoms with Crippen LogP contribution >= 0.6 is 11.6 Å². The number of anilines is 2. The second-order valence-corrected chi connectivity index (χ2v) is 13.7. The third-order valence-electron chi connectivity index (χ3n) is 10.2. The average Bonchev–Trinajstić information content (AvgIpc) is 3.64. The van der Waals surface area contributed by atoms with Crippen LogP contribution in [0.3, 0.4) is 0 Å². The van der Waals surface area contributed by atoms with Crippen molar-refractivity contribution in [3.63, 3.8) is 0 Å². The van der Waals surface area contributed by atoms with Gasteiger partial charge in [0.2, 0.25) is 0 Å². The average molecular weight is 695 g/mol. The molecule has 3 aromatic carbocycles. The van der Waals surface area contributed by atoms with Gasteiger partial charge < -0.3 is 15.2 Å². The lowest BCUT2D eigenvalue weighted by Gasteiger charge is -2.32. The number of terminal acetylenes is 1. The van der Waals surface area contributed by atoms with Crippen molar-refractivity contribution >= 4 is 44.8 Å². The fourth-order valence-corrected chi connectivity index (χ4v) is 8.10. The number of rotatable bonds is 6. The molecule has 1 aromatic heterocycles. The van der Waals surface area contributed by atoms with E-state index in [-0.39, 0.29) is 65.0 Å². The number of hydrogen-bond donors (Lipinski definition) is 1. The number of benzene rings is 3. The molecule has 0 bridgehead atoms. The van der Waals surface area contributed by atoms with Crippen molar-refractivity contribution in [3.8, 4) is 41.3 Å². The molecule has 3 unspecified atom stereocenters. The molecule has 49 heavy (non-hydrogen) atoms. The SMILES string of the molecule is C#Cc1c(F)ccc2cc(N)cc(-c3c(Cl)c4c5c(nc(OCC67CCCN6C[C@H](F)C7)nc5c3F)N(CC3CC3C#N)C(F)(F)CO4)c12. The lowest BCUT2D eigenvalue weighted by molar-refractivity contribution is -0.0418. The fourth-order valence-electron chi connectivity index (χ4n) is 7.77. The third kappa shape index (κ3) is 4.97. The molecule has 2 saturated heterocycles. The zero-order chi connectivity index (χ0) is 34.4. The van der Waals surface area contributed by atoms with E-state index in [9.17, 15) is 9.65 Å². The summed E-state index contributed by atoms with van der Waals surface area (Å²) in [6.07, 6.45) is 6.73. The molecule has 8 rings (SSSR count). The molecule has 0 spiro atoms. The van der Waals surface area contributed by atoms with E-state index in [0.29, 0.717) is 29.7 Å². The number of nitrogen functional groups attached to an aromatic ring is 1. The predicted molar refractivity (Wildman–Crippen MR) is 173 cm³/mol. The van der Waals surface area contributed by atoms with Crippen LogP contribution in [0.4, 0.5) is 33.5 Å². The first-order valence-corrected chi connectivity index (χ1v) is 16.2. The molecule has 252 valence electrons. The highest BCUT2D eigenvalue weighted by Gasteiger charge is 2.51. The van der Waals surface area contributed by atoms with Gasteiger partial charge in [0.25, 0.3) is 0 Å². The maximum atomic E-state index is 17.2. The van der Waals surface area contributed by atoms with Crippen LogP contribution in [0.5, 0.6) is 11.8 Å². The standard InChI is InChI=1S/C35H28ClF5N6O2/c1-2-22-24(38)5-4-17-9-21(43)10-23(25(17)22)26-28(36)31-27-30(29(26)39)44-33(49-15-34-6-3-7-46(34)14-20(37)11-34)45-32(27)47(35(40,41)16-48-31)13-19-8-18(19)12-42/h1,4-5,9-10,18-20H,3,6-8,11,13-16,43H2/t18?,19?,20-,34?/m1/s1. The zero-order valence-electron chi connectivity index (χ0n) is 25.9. The molecule has 3 fully saturated rings. The van der Waals surface area contributed by atoms with Gasteiger partial charge in [-0.25, -0.2) is 13.2 Å². The number of nitrogens with zero attached hydrogens (tertiary/aromatic N) is 5. The molecule has 0 amide bonds. The number of nitrogens with two attached hydrogens (primary N) is 1. The Morgan fingerprint density at radius 2 is 2.02 bits per heavy atom. The van der Waals surface area contributed by atoms with Crippen molar-refractivity contribution in [1.29, 1.82) is 5.26 Å². The van der Waals surface area contributed by atoms with Crippen molar-refractivity contribution < 1.29 is 31.4 Å². The summed E-state index contributed by atoms with van der Waals surface area (Å²) in [7, 11) is 0. The van der Waals surface area contributed by atoms with Crippen LogP contribution in [0.1, 0.15) is 31.2 Å². The summed E-state index contributed by atoms with van der Waals surface area (Å²) in [5.74, 6) is -1.04. The minimum atomic E-state index is -3.68. The first kappa shape index (κ1) is 31.7. The monoisotopic (exact) mass is 694 g/mol. The summed E-state index contributed by atoms with van der Waals surface area (Å²) >= 11 is 6.87. The van der Waals surface area contributed by atoms with Gasteiger partial charge in [-0.2, -0.15) is 24.0 Å². The van der Waals surface area contributed by atoms with Crippen molar-refractivity contribution in [3.05, 3.63) is 46.5 Å².